The largest absolute Gasteiger partial charge is 0.348 e. The van der Waals surface area contributed by atoms with Gasteiger partial charge in [0.15, 0.2) is 0 Å². The summed E-state index contributed by atoms with van der Waals surface area (Å²) in [6, 6.07) is 4.42. The van der Waals surface area contributed by atoms with Crippen LogP contribution in [-0.4, -0.2) is 16.9 Å². The Morgan fingerprint density at radius 3 is 2.29 bits per heavy atom. The van der Waals surface area contributed by atoms with E-state index in [2.05, 4.69) is 38.4 Å². The lowest BCUT2D eigenvalue weighted by atomic mass is 10.0. The molecule has 0 unspecified atom stereocenters. The number of para-hydroxylation sites is 1. The van der Waals surface area contributed by atoms with Crippen LogP contribution in [0.25, 0.3) is 0 Å². The predicted octanol–water partition coefficient (Wildman–Crippen LogP) is 2.04. The molecule has 21 heavy (non-hydrogen) atoms. The van der Waals surface area contributed by atoms with E-state index < -0.39 is 10.8 Å². The maximum absolute atomic E-state index is 12.4. The van der Waals surface area contributed by atoms with Gasteiger partial charge in [-0.2, -0.15) is 0 Å². The van der Waals surface area contributed by atoms with Crippen LogP contribution in [0.4, 0.5) is 11.4 Å². The molecule has 0 spiro atoms. The molecular formula is C14H20N4O3. The van der Waals surface area contributed by atoms with Crippen LogP contribution in [-0.2, 0) is 0 Å². The van der Waals surface area contributed by atoms with Crippen LogP contribution in [0.2, 0.25) is 0 Å². The second kappa shape index (κ2) is 4.70. The van der Waals surface area contributed by atoms with Crippen molar-refractivity contribution < 1.29 is 9.72 Å². The number of hydrogen-bond donors (Lipinski definition) is 3. The van der Waals surface area contributed by atoms with Gasteiger partial charge in [0.25, 0.3) is 5.91 Å². The molecule has 1 fully saturated rings. The van der Waals surface area contributed by atoms with Gasteiger partial charge in [-0.25, -0.2) is 0 Å². The molecule has 0 aromatic heterocycles. The number of hydrogen-bond acceptors (Lipinski definition) is 5. The molecule has 0 aliphatic heterocycles. The van der Waals surface area contributed by atoms with Crippen LogP contribution in [0.5, 0.6) is 0 Å². The normalized spacial score (nSPS) is 18.9. The molecule has 1 aliphatic carbocycles. The van der Waals surface area contributed by atoms with Crippen molar-refractivity contribution in [1.82, 2.24) is 5.32 Å². The molecule has 7 nitrogen and oxygen atoms in total. The highest BCUT2D eigenvalue weighted by Crippen LogP contribution is 2.62. The Morgan fingerprint density at radius 1 is 1.29 bits per heavy atom. The summed E-state index contributed by atoms with van der Waals surface area (Å²) in [5, 5.41) is 14.1. The van der Waals surface area contributed by atoms with Gasteiger partial charge >= 0.3 is 5.69 Å². The summed E-state index contributed by atoms with van der Waals surface area (Å²) in [6.45, 7) is 8.24. The van der Waals surface area contributed by atoms with Crippen LogP contribution >= 0.6 is 0 Å². The minimum Gasteiger partial charge on any atom is -0.348 e. The average Bonchev–Trinajstić information content (AvgIpc) is 2.79. The fourth-order valence-corrected chi connectivity index (χ4v) is 2.81. The number of nitro groups is 1. The van der Waals surface area contributed by atoms with Crippen molar-refractivity contribution in [3.63, 3.8) is 0 Å². The Labute approximate surface area is 123 Å². The standard InChI is InChI=1S/C14H20N4O3/c1-13(2)12(14(13,3)4)16-11(19)8-6-5-7-9(17-15)10(8)18(20)21/h5-7,12,17H,15H2,1-4H3,(H,16,19). The number of nitro benzene ring substituents is 1. The third-order valence-corrected chi connectivity index (χ3v) is 4.91. The number of rotatable bonds is 4. The summed E-state index contributed by atoms with van der Waals surface area (Å²) in [5.74, 6) is 4.82. The topological polar surface area (TPSA) is 110 Å². The molecule has 0 heterocycles. The highest BCUT2D eigenvalue weighted by Gasteiger charge is 2.65. The molecule has 0 bridgehead atoms. The van der Waals surface area contributed by atoms with Crippen molar-refractivity contribution in [3.8, 4) is 0 Å². The van der Waals surface area contributed by atoms with Gasteiger partial charge in [-0.3, -0.25) is 20.8 Å². The van der Waals surface area contributed by atoms with Gasteiger partial charge in [0.1, 0.15) is 11.3 Å². The second-order valence-corrected chi connectivity index (χ2v) is 6.45. The van der Waals surface area contributed by atoms with Crippen molar-refractivity contribution in [1.29, 1.82) is 0 Å². The Bertz CT molecular complexity index is 596. The van der Waals surface area contributed by atoms with Gasteiger partial charge < -0.3 is 10.7 Å². The maximum atomic E-state index is 12.4. The monoisotopic (exact) mass is 292 g/mol. The average molecular weight is 292 g/mol. The zero-order chi connectivity index (χ0) is 16.0. The van der Waals surface area contributed by atoms with Crippen LogP contribution in [0, 0.1) is 20.9 Å². The van der Waals surface area contributed by atoms with Gasteiger partial charge in [-0.05, 0) is 23.0 Å². The van der Waals surface area contributed by atoms with Crippen molar-refractivity contribution in [2.45, 2.75) is 33.7 Å². The van der Waals surface area contributed by atoms with Gasteiger partial charge in [0.05, 0.1) is 4.92 Å². The van der Waals surface area contributed by atoms with E-state index in [1.165, 1.54) is 12.1 Å². The Morgan fingerprint density at radius 2 is 1.86 bits per heavy atom. The van der Waals surface area contributed by atoms with Gasteiger partial charge in [0, 0.05) is 6.04 Å². The fraction of sp³-hybridized carbons (Fsp3) is 0.500. The smallest absolute Gasteiger partial charge is 0.306 e. The van der Waals surface area contributed by atoms with E-state index in [-0.39, 0.29) is 33.8 Å². The number of nitrogens with zero attached hydrogens (tertiary/aromatic N) is 1. The number of nitrogens with two attached hydrogens (primary N) is 1. The van der Waals surface area contributed by atoms with Crippen molar-refractivity contribution >= 4 is 17.3 Å². The molecule has 114 valence electrons. The number of anilines is 1. The molecule has 1 amide bonds. The fourth-order valence-electron chi connectivity index (χ4n) is 2.81. The molecule has 1 aromatic carbocycles. The third-order valence-electron chi connectivity index (χ3n) is 4.91. The van der Waals surface area contributed by atoms with E-state index in [9.17, 15) is 14.9 Å². The minimum atomic E-state index is -0.604. The Hall–Kier alpha value is -2.15. The van der Waals surface area contributed by atoms with E-state index in [1.807, 2.05) is 0 Å². The van der Waals surface area contributed by atoms with Crippen molar-refractivity contribution in [2.24, 2.45) is 16.7 Å². The van der Waals surface area contributed by atoms with Crippen molar-refractivity contribution in [3.05, 3.63) is 33.9 Å². The number of hydrazine groups is 1. The van der Waals surface area contributed by atoms with Gasteiger partial charge in [0.2, 0.25) is 0 Å². The Balaban J connectivity index is 2.31. The quantitative estimate of drug-likeness (QED) is 0.447. The second-order valence-electron chi connectivity index (χ2n) is 6.45. The lowest BCUT2D eigenvalue weighted by Crippen LogP contribution is -2.30. The van der Waals surface area contributed by atoms with Crippen LogP contribution in [0.1, 0.15) is 38.1 Å². The SMILES string of the molecule is CC1(C)C(NC(=O)c2cccc(NN)c2[N+](=O)[O-])C1(C)C. The molecule has 0 radical (unpaired) electrons. The van der Waals surface area contributed by atoms with Crippen LogP contribution in [0.15, 0.2) is 18.2 Å². The highest BCUT2D eigenvalue weighted by molar-refractivity contribution is 6.00. The number of amides is 1. The molecule has 4 N–H and O–H groups in total. The van der Waals surface area contributed by atoms with E-state index in [0.717, 1.165) is 0 Å². The van der Waals surface area contributed by atoms with Gasteiger partial charge in [-0.1, -0.05) is 33.8 Å². The third kappa shape index (κ3) is 2.23. The molecule has 1 aromatic rings. The highest BCUT2D eigenvalue weighted by atomic mass is 16.6. The first-order valence-electron chi connectivity index (χ1n) is 6.69. The molecule has 0 atom stereocenters. The Kier molecular flexibility index (Phi) is 3.41. The molecule has 2 rings (SSSR count). The zero-order valence-corrected chi connectivity index (χ0v) is 12.6. The van der Waals surface area contributed by atoms with E-state index in [0.29, 0.717) is 0 Å². The first-order valence-corrected chi connectivity index (χ1v) is 6.69. The maximum Gasteiger partial charge on any atom is 0.306 e. The summed E-state index contributed by atoms with van der Waals surface area (Å²) in [4.78, 5) is 23.0. The summed E-state index contributed by atoms with van der Waals surface area (Å²) in [7, 11) is 0. The summed E-state index contributed by atoms with van der Waals surface area (Å²) >= 11 is 0. The summed E-state index contributed by atoms with van der Waals surface area (Å²) < 4.78 is 0. The van der Waals surface area contributed by atoms with Crippen molar-refractivity contribution in [2.75, 3.05) is 5.43 Å². The molecule has 1 aliphatic rings. The summed E-state index contributed by atoms with van der Waals surface area (Å²) in [6.07, 6.45) is 0. The first-order chi connectivity index (χ1) is 9.64. The lowest BCUT2D eigenvalue weighted by molar-refractivity contribution is -0.384. The predicted molar refractivity (Wildman–Crippen MR) is 79.7 cm³/mol. The molecular weight excluding hydrogens is 272 g/mol. The first kappa shape index (κ1) is 15.2. The van der Waals surface area contributed by atoms with Gasteiger partial charge in [-0.15, -0.1) is 0 Å². The summed E-state index contributed by atoms with van der Waals surface area (Å²) in [5.41, 5.74) is 1.98. The minimum absolute atomic E-state index is 0.00829. The lowest BCUT2D eigenvalue weighted by Gasteiger charge is -2.09. The number of carbonyl (C=O) groups is 1. The van der Waals surface area contributed by atoms with E-state index in [1.54, 1.807) is 6.07 Å². The molecule has 1 saturated carbocycles. The number of nitrogen functional groups attached to an aromatic ring is 1. The van der Waals surface area contributed by atoms with Crippen LogP contribution < -0.4 is 16.6 Å². The zero-order valence-electron chi connectivity index (χ0n) is 12.6. The number of carbonyl (C=O) groups excluding carboxylic acids is 1. The number of benzene rings is 1. The van der Waals surface area contributed by atoms with E-state index in [4.69, 9.17) is 5.84 Å². The molecule has 7 heteroatoms. The number of nitrogens with one attached hydrogen (secondary N) is 2. The van der Waals surface area contributed by atoms with Crippen LogP contribution in [0.3, 0.4) is 0 Å². The molecule has 0 saturated heterocycles. The van der Waals surface area contributed by atoms with E-state index >= 15 is 0 Å².